The van der Waals surface area contributed by atoms with Gasteiger partial charge in [-0.15, -0.1) is 6.58 Å². The van der Waals surface area contributed by atoms with Crippen LogP contribution in [0.15, 0.2) is 55.1 Å². The molecule has 0 radical (unpaired) electrons. The molecule has 2 aromatic carbocycles. The van der Waals surface area contributed by atoms with Gasteiger partial charge < -0.3 is 24.3 Å². The molecule has 1 saturated heterocycles. The maximum atomic E-state index is 12.8. The largest absolute Gasteiger partial charge is 0.493 e. The second kappa shape index (κ2) is 9.55. The van der Waals surface area contributed by atoms with E-state index in [9.17, 15) is 4.79 Å². The van der Waals surface area contributed by atoms with E-state index in [0.717, 1.165) is 48.5 Å². The molecule has 1 amide bonds. The lowest BCUT2D eigenvalue weighted by molar-refractivity contribution is -0.133. The minimum atomic E-state index is -0.0244. The Morgan fingerprint density at radius 1 is 1.16 bits per heavy atom. The lowest BCUT2D eigenvalue weighted by Gasteiger charge is -2.22. The van der Waals surface area contributed by atoms with Crippen molar-refractivity contribution >= 4 is 22.9 Å². The fraction of sp³-hybridized carbons (Fsp3) is 0.333. The van der Waals surface area contributed by atoms with Crippen molar-refractivity contribution in [3.8, 4) is 11.5 Å². The van der Waals surface area contributed by atoms with Crippen LogP contribution in [-0.2, 0) is 11.2 Å². The predicted octanol–water partition coefficient (Wildman–Crippen LogP) is 3.42. The first kappa shape index (κ1) is 20.8. The van der Waals surface area contributed by atoms with E-state index in [1.165, 1.54) is 0 Å². The number of H-pyrrole nitrogens is 1. The summed E-state index contributed by atoms with van der Waals surface area (Å²) in [4.78, 5) is 24.9. The third kappa shape index (κ3) is 4.82. The monoisotopic (exact) mass is 420 g/mol. The van der Waals surface area contributed by atoms with Gasteiger partial charge >= 0.3 is 0 Å². The molecule has 1 aliphatic rings. The second-order valence-electron chi connectivity index (χ2n) is 7.57. The molecule has 1 fully saturated rings. The first-order valence-electron chi connectivity index (χ1n) is 10.6. The quantitative estimate of drug-likeness (QED) is 0.593. The number of fused-ring (bicyclic) bond motifs is 1. The van der Waals surface area contributed by atoms with E-state index < -0.39 is 0 Å². The molecule has 0 atom stereocenters. The van der Waals surface area contributed by atoms with Gasteiger partial charge in [0.2, 0.25) is 5.95 Å². The van der Waals surface area contributed by atoms with Crippen LogP contribution in [0.3, 0.4) is 0 Å². The number of hydrogen-bond acceptors (Lipinski definition) is 5. The second-order valence-corrected chi connectivity index (χ2v) is 7.57. The molecule has 7 heteroatoms. The molecule has 7 nitrogen and oxygen atoms in total. The number of benzene rings is 2. The van der Waals surface area contributed by atoms with Crippen molar-refractivity contribution in [2.75, 3.05) is 44.8 Å². The number of rotatable bonds is 7. The van der Waals surface area contributed by atoms with Crippen LogP contribution in [0.4, 0.5) is 5.95 Å². The first-order valence-corrected chi connectivity index (χ1v) is 10.6. The van der Waals surface area contributed by atoms with E-state index in [0.29, 0.717) is 24.6 Å². The minimum absolute atomic E-state index is 0.0121. The molecule has 3 aromatic rings. The maximum Gasteiger partial charge on any atom is 0.260 e. The maximum absolute atomic E-state index is 12.8. The summed E-state index contributed by atoms with van der Waals surface area (Å²) in [6.45, 7) is 6.66. The van der Waals surface area contributed by atoms with E-state index in [2.05, 4.69) is 21.4 Å². The molecule has 4 rings (SSSR count). The number of imidazole rings is 1. The van der Waals surface area contributed by atoms with Gasteiger partial charge in [0, 0.05) is 26.2 Å². The standard InChI is InChI=1S/C24H28N4O3/c1-3-7-18-10-11-21(22(16-18)30-2)31-17-23(29)27-12-6-13-28(15-14-27)24-25-19-8-4-5-9-20(19)26-24/h3-5,8-11,16H,1,6-7,12-15,17H2,2H3,(H,25,26). The van der Waals surface area contributed by atoms with Gasteiger partial charge in [-0.2, -0.15) is 0 Å². The lowest BCUT2D eigenvalue weighted by atomic mass is 10.1. The fourth-order valence-corrected chi connectivity index (χ4v) is 3.82. The summed E-state index contributed by atoms with van der Waals surface area (Å²) in [6.07, 6.45) is 3.47. The number of aromatic amines is 1. The highest BCUT2D eigenvalue weighted by Crippen LogP contribution is 2.28. The lowest BCUT2D eigenvalue weighted by Crippen LogP contribution is -2.38. The Bertz CT molecular complexity index is 1030. The number of ether oxygens (including phenoxy) is 2. The van der Waals surface area contributed by atoms with Crippen molar-refractivity contribution in [1.29, 1.82) is 0 Å². The predicted molar refractivity (Wildman–Crippen MR) is 122 cm³/mol. The summed E-state index contributed by atoms with van der Waals surface area (Å²) < 4.78 is 11.2. The molecule has 0 bridgehead atoms. The molecule has 1 N–H and O–H groups in total. The van der Waals surface area contributed by atoms with E-state index in [4.69, 9.17) is 9.47 Å². The fourth-order valence-electron chi connectivity index (χ4n) is 3.82. The number of anilines is 1. The summed E-state index contributed by atoms with van der Waals surface area (Å²) in [7, 11) is 1.60. The smallest absolute Gasteiger partial charge is 0.260 e. The summed E-state index contributed by atoms with van der Waals surface area (Å²) in [5.41, 5.74) is 3.07. The Hall–Kier alpha value is -3.48. The van der Waals surface area contributed by atoms with Crippen molar-refractivity contribution < 1.29 is 14.3 Å². The van der Waals surface area contributed by atoms with Crippen LogP contribution in [0.1, 0.15) is 12.0 Å². The zero-order chi connectivity index (χ0) is 21.6. The highest BCUT2D eigenvalue weighted by atomic mass is 16.5. The number of carbonyl (C=O) groups excluding carboxylic acids is 1. The van der Waals surface area contributed by atoms with E-state index in [1.807, 2.05) is 53.4 Å². The summed E-state index contributed by atoms with van der Waals surface area (Å²) in [6, 6.07) is 13.7. The molecule has 31 heavy (non-hydrogen) atoms. The van der Waals surface area contributed by atoms with Crippen LogP contribution < -0.4 is 14.4 Å². The van der Waals surface area contributed by atoms with Gasteiger partial charge in [-0.1, -0.05) is 24.3 Å². The number of para-hydroxylation sites is 2. The summed E-state index contributed by atoms with van der Waals surface area (Å²) in [5.74, 6) is 2.03. The molecule has 1 aromatic heterocycles. The van der Waals surface area contributed by atoms with Crippen molar-refractivity contribution in [1.82, 2.24) is 14.9 Å². The number of nitrogens with zero attached hydrogens (tertiary/aromatic N) is 3. The first-order chi connectivity index (χ1) is 15.2. The van der Waals surface area contributed by atoms with Crippen LogP contribution in [0.5, 0.6) is 11.5 Å². The Kier molecular flexibility index (Phi) is 6.40. The molecule has 162 valence electrons. The average molecular weight is 421 g/mol. The van der Waals surface area contributed by atoms with E-state index in [-0.39, 0.29) is 12.5 Å². The molecule has 0 unspecified atom stereocenters. The minimum Gasteiger partial charge on any atom is -0.493 e. The third-order valence-electron chi connectivity index (χ3n) is 5.48. The van der Waals surface area contributed by atoms with Gasteiger partial charge in [0.15, 0.2) is 18.1 Å². The van der Waals surface area contributed by atoms with E-state index in [1.54, 1.807) is 7.11 Å². The van der Waals surface area contributed by atoms with E-state index >= 15 is 0 Å². The number of allylic oxidation sites excluding steroid dienone is 1. The van der Waals surface area contributed by atoms with Gasteiger partial charge in [0.1, 0.15) is 0 Å². The molecule has 0 spiro atoms. The number of aromatic nitrogens is 2. The molecular weight excluding hydrogens is 392 g/mol. The van der Waals surface area contributed by atoms with Crippen LogP contribution >= 0.6 is 0 Å². The zero-order valence-corrected chi connectivity index (χ0v) is 17.8. The van der Waals surface area contributed by atoms with Crippen LogP contribution in [-0.4, -0.2) is 60.7 Å². The molecule has 0 aliphatic carbocycles. The summed E-state index contributed by atoms with van der Waals surface area (Å²) in [5, 5.41) is 0. The number of carbonyl (C=O) groups is 1. The summed E-state index contributed by atoms with van der Waals surface area (Å²) >= 11 is 0. The third-order valence-corrected chi connectivity index (χ3v) is 5.48. The van der Waals surface area contributed by atoms with Crippen LogP contribution in [0, 0.1) is 0 Å². The number of nitrogens with one attached hydrogen (secondary N) is 1. The van der Waals surface area contributed by atoms with Crippen molar-refractivity contribution in [3.63, 3.8) is 0 Å². The van der Waals surface area contributed by atoms with Gasteiger partial charge in [-0.05, 0) is 42.7 Å². The van der Waals surface area contributed by atoms with Gasteiger partial charge in [-0.25, -0.2) is 4.98 Å². The number of amides is 1. The Morgan fingerprint density at radius 2 is 2.03 bits per heavy atom. The van der Waals surface area contributed by atoms with Crippen LogP contribution in [0.25, 0.3) is 11.0 Å². The van der Waals surface area contributed by atoms with Crippen molar-refractivity contribution in [2.45, 2.75) is 12.8 Å². The highest BCUT2D eigenvalue weighted by Gasteiger charge is 2.21. The molecule has 1 aliphatic heterocycles. The molecule has 0 saturated carbocycles. The highest BCUT2D eigenvalue weighted by molar-refractivity contribution is 5.78. The Morgan fingerprint density at radius 3 is 2.84 bits per heavy atom. The normalized spacial score (nSPS) is 14.4. The Labute approximate surface area is 182 Å². The van der Waals surface area contributed by atoms with Crippen molar-refractivity contribution in [3.05, 3.63) is 60.7 Å². The van der Waals surface area contributed by atoms with Gasteiger partial charge in [-0.3, -0.25) is 4.79 Å². The topological polar surface area (TPSA) is 70.7 Å². The average Bonchev–Trinajstić information content (AvgIpc) is 3.07. The SMILES string of the molecule is C=CCc1ccc(OCC(=O)N2CCCN(c3nc4ccccc4[nH]3)CC2)c(OC)c1. The van der Waals surface area contributed by atoms with Crippen molar-refractivity contribution in [2.24, 2.45) is 0 Å². The Balaban J connectivity index is 1.35. The molecule has 2 heterocycles. The van der Waals surface area contributed by atoms with Gasteiger partial charge in [0.25, 0.3) is 5.91 Å². The number of hydrogen-bond donors (Lipinski definition) is 1. The molecular formula is C24H28N4O3. The zero-order valence-electron chi connectivity index (χ0n) is 17.8. The van der Waals surface area contributed by atoms with Crippen LogP contribution in [0.2, 0.25) is 0 Å². The van der Waals surface area contributed by atoms with Gasteiger partial charge in [0.05, 0.1) is 18.1 Å². The number of methoxy groups -OCH3 is 1.